The molecule has 0 bridgehead atoms. The maximum absolute atomic E-state index is 9.79. The van der Waals surface area contributed by atoms with E-state index in [9.17, 15) is 5.11 Å². The van der Waals surface area contributed by atoms with Gasteiger partial charge in [-0.05, 0) is 49.5 Å². The first-order valence-corrected chi connectivity index (χ1v) is 7.10. The topological polar surface area (TPSA) is 49.5 Å². The van der Waals surface area contributed by atoms with Gasteiger partial charge in [0.2, 0.25) is 0 Å². The fourth-order valence-electron chi connectivity index (χ4n) is 2.22. The smallest absolute Gasteiger partial charge is 0.0679 e. The lowest BCUT2D eigenvalue weighted by Gasteiger charge is -2.22. The number of nitrogens with zero attached hydrogens (tertiary/aromatic N) is 1. The third-order valence-electron chi connectivity index (χ3n) is 3.50. The molecule has 0 aromatic heterocycles. The van der Waals surface area contributed by atoms with E-state index in [0.29, 0.717) is 25.4 Å². The van der Waals surface area contributed by atoms with Gasteiger partial charge in [0.25, 0.3) is 0 Å². The number of hydrogen-bond donors (Lipinski definition) is 2. The molecule has 3 N–H and O–H groups in total. The zero-order valence-corrected chi connectivity index (χ0v) is 12.7. The summed E-state index contributed by atoms with van der Waals surface area (Å²) >= 11 is 0. The van der Waals surface area contributed by atoms with E-state index in [1.54, 1.807) is 0 Å². The van der Waals surface area contributed by atoms with E-state index in [-0.39, 0.29) is 6.10 Å². The SMILES string of the molecule is Cc1ccc(C(C)C)cc1CN(C)CC(O)CCN. The summed E-state index contributed by atoms with van der Waals surface area (Å²) in [7, 11) is 2.04. The van der Waals surface area contributed by atoms with Gasteiger partial charge in [-0.2, -0.15) is 0 Å². The fraction of sp³-hybridized carbons (Fsp3) is 0.625. The van der Waals surface area contributed by atoms with Crippen LogP contribution in [0.1, 0.15) is 42.9 Å². The molecule has 1 atom stereocenters. The van der Waals surface area contributed by atoms with Gasteiger partial charge in [-0.3, -0.25) is 4.90 Å². The third kappa shape index (κ3) is 5.31. The van der Waals surface area contributed by atoms with E-state index in [0.717, 1.165) is 6.54 Å². The first kappa shape index (κ1) is 16.2. The predicted molar refractivity (Wildman–Crippen MR) is 81.3 cm³/mol. The van der Waals surface area contributed by atoms with Crippen LogP contribution in [0.5, 0.6) is 0 Å². The molecule has 0 saturated carbocycles. The average Bonchev–Trinajstić information content (AvgIpc) is 2.31. The molecule has 0 aliphatic rings. The van der Waals surface area contributed by atoms with Gasteiger partial charge < -0.3 is 10.8 Å². The quantitative estimate of drug-likeness (QED) is 0.794. The van der Waals surface area contributed by atoms with Crippen LogP contribution in [0.2, 0.25) is 0 Å². The van der Waals surface area contributed by atoms with E-state index in [1.807, 2.05) is 7.05 Å². The van der Waals surface area contributed by atoms with E-state index in [2.05, 4.69) is 43.9 Å². The Morgan fingerprint density at radius 2 is 2.00 bits per heavy atom. The number of aliphatic hydroxyl groups is 1. The Labute approximate surface area is 117 Å². The highest BCUT2D eigenvalue weighted by Gasteiger charge is 2.10. The number of nitrogens with two attached hydrogens (primary N) is 1. The van der Waals surface area contributed by atoms with Gasteiger partial charge in [-0.1, -0.05) is 32.0 Å². The van der Waals surface area contributed by atoms with E-state index in [1.165, 1.54) is 16.7 Å². The summed E-state index contributed by atoms with van der Waals surface area (Å²) in [4.78, 5) is 2.16. The Balaban J connectivity index is 2.67. The minimum Gasteiger partial charge on any atom is -0.392 e. The fourth-order valence-corrected chi connectivity index (χ4v) is 2.22. The van der Waals surface area contributed by atoms with Crippen molar-refractivity contribution in [2.45, 2.75) is 45.8 Å². The molecule has 0 aliphatic carbocycles. The molecule has 0 amide bonds. The van der Waals surface area contributed by atoms with Gasteiger partial charge in [-0.25, -0.2) is 0 Å². The molecule has 19 heavy (non-hydrogen) atoms. The van der Waals surface area contributed by atoms with Crippen LogP contribution in [-0.4, -0.2) is 36.2 Å². The summed E-state index contributed by atoms with van der Waals surface area (Å²) in [5.74, 6) is 0.549. The van der Waals surface area contributed by atoms with E-state index >= 15 is 0 Å². The summed E-state index contributed by atoms with van der Waals surface area (Å²) in [6.45, 7) is 8.64. The second-order valence-corrected chi connectivity index (χ2v) is 5.77. The van der Waals surface area contributed by atoms with Crippen molar-refractivity contribution in [3.05, 3.63) is 34.9 Å². The lowest BCUT2D eigenvalue weighted by molar-refractivity contribution is 0.117. The minimum atomic E-state index is -0.330. The van der Waals surface area contributed by atoms with Gasteiger partial charge in [0.1, 0.15) is 0 Å². The van der Waals surface area contributed by atoms with Crippen molar-refractivity contribution < 1.29 is 5.11 Å². The van der Waals surface area contributed by atoms with Crippen molar-refractivity contribution >= 4 is 0 Å². The maximum atomic E-state index is 9.79. The normalized spacial score (nSPS) is 13.3. The highest BCUT2D eigenvalue weighted by atomic mass is 16.3. The van der Waals surface area contributed by atoms with Gasteiger partial charge in [0.15, 0.2) is 0 Å². The lowest BCUT2D eigenvalue weighted by Crippen LogP contribution is -2.30. The molecule has 0 saturated heterocycles. The number of likely N-dealkylation sites (N-methyl/N-ethyl adjacent to an activating group) is 1. The highest BCUT2D eigenvalue weighted by molar-refractivity contribution is 5.32. The van der Waals surface area contributed by atoms with Gasteiger partial charge >= 0.3 is 0 Å². The molecular formula is C16H28N2O. The summed E-state index contributed by atoms with van der Waals surface area (Å²) < 4.78 is 0. The van der Waals surface area contributed by atoms with Crippen LogP contribution in [0.4, 0.5) is 0 Å². The molecule has 0 radical (unpaired) electrons. The van der Waals surface area contributed by atoms with Crippen molar-refractivity contribution in [2.75, 3.05) is 20.1 Å². The molecule has 3 heteroatoms. The first-order chi connectivity index (χ1) is 8.93. The van der Waals surface area contributed by atoms with Crippen LogP contribution in [0.3, 0.4) is 0 Å². The van der Waals surface area contributed by atoms with E-state index < -0.39 is 0 Å². The summed E-state index contributed by atoms with van der Waals surface area (Å²) in [5.41, 5.74) is 9.48. The van der Waals surface area contributed by atoms with E-state index in [4.69, 9.17) is 5.73 Å². The van der Waals surface area contributed by atoms with Crippen molar-refractivity contribution in [1.29, 1.82) is 0 Å². The molecule has 0 spiro atoms. The van der Waals surface area contributed by atoms with Gasteiger partial charge in [0.05, 0.1) is 6.10 Å². The monoisotopic (exact) mass is 264 g/mol. The molecule has 108 valence electrons. The molecule has 1 aromatic carbocycles. The highest BCUT2D eigenvalue weighted by Crippen LogP contribution is 2.19. The molecular weight excluding hydrogens is 236 g/mol. The summed E-state index contributed by atoms with van der Waals surface area (Å²) in [5, 5.41) is 9.79. The Morgan fingerprint density at radius 3 is 2.58 bits per heavy atom. The average molecular weight is 264 g/mol. The molecule has 1 aromatic rings. The van der Waals surface area contributed by atoms with Crippen LogP contribution in [-0.2, 0) is 6.54 Å². The van der Waals surface area contributed by atoms with Crippen LogP contribution in [0.25, 0.3) is 0 Å². The molecule has 1 rings (SSSR count). The van der Waals surface area contributed by atoms with Crippen LogP contribution in [0, 0.1) is 6.92 Å². The van der Waals surface area contributed by atoms with Crippen LogP contribution >= 0.6 is 0 Å². The number of aliphatic hydroxyl groups excluding tert-OH is 1. The molecule has 0 heterocycles. The molecule has 0 fully saturated rings. The second-order valence-electron chi connectivity index (χ2n) is 5.77. The number of aryl methyl sites for hydroxylation is 1. The van der Waals surface area contributed by atoms with Gasteiger partial charge in [0, 0.05) is 13.1 Å². The van der Waals surface area contributed by atoms with Crippen molar-refractivity contribution in [1.82, 2.24) is 4.90 Å². The molecule has 3 nitrogen and oxygen atoms in total. The zero-order chi connectivity index (χ0) is 14.4. The van der Waals surface area contributed by atoms with Crippen molar-refractivity contribution in [2.24, 2.45) is 5.73 Å². The first-order valence-electron chi connectivity index (χ1n) is 7.10. The van der Waals surface area contributed by atoms with Crippen LogP contribution < -0.4 is 5.73 Å². The number of hydrogen-bond acceptors (Lipinski definition) is 3. The Morgan fingerprint density at radius 1 is 1.32 bits per heavy atom. The zero-order valence-electron chi connectivity index (χ0n) is 12.7. The maximum Gasteiger partial charge on any atom is 0.0679 e. The largest absolute Gasteiger partial charge is 0.392 e. The third-order valence-corrected chi connectivity index (χ3v) is 3.50. The lowest BCUT2D eigenvalue weighted by atomic mass is 9.97. The Hall–Kier alpha value is -0.900. The second kappa shape index (κ2) is 7.63. The Kier molecular flexibility index (Phi) is 6.49. The molecule has 0 aliphatic heterocycles. The van der Waals surface area contributed by atoms with Gasteiger partial charge in [-0.15, -0.1) is 0 Å². The van der Waals surface area contributed by atoms with Crippen molar-refractivity contribution in [3.8, 4) is 0 Å². The minimum absolute atomic E-state index is 0.330. The summed E-state index contributed by atoms with van der Waals surface area (Å²) in [6.07, 6.45) is 0.332. The van der Waals surface area contributed by atoms with Crippen molar-refractivity contribution in [3.63, 3.8) is 0 Å². The standard InChI is InChI=1S/C16H28N2O/c1-12(2)14-6-5-13(3)15(9-14)10-18(4)11-16(19)7-8-17/h5-6,9,12,16,19H,7-8,10-11,17H2,1-4H3. The Bertz CT molecular complexity index is 390. The molecule has 1 unspecified atom stereocenters. The summed E-state index contributed by atoms with van der Waals surface area (Å²) in [6, 6.07) is 6.67. The van der Waals surface area contributed by atoms with Crippen LogP contribution in [0.15, 0.2) is 18.2 Å². The number of rotatable bonds is 7. The number of benzene rings is 1. The predicted octanol–water partition coefficient (Wildman–Crippen LogP) is 2.26.